The summed E-state index contributed by atoms with van der Waals surface area (Å²) in [4.78, 5) is 3.76. The molecule has 0 aromatic heterocycles. The van der Waals surface area contributed by atoms with E-state index in [-0.39, 0.29) is 5.54 Å². The van der Waals surface area contributed by atoms with E-state index < -0.39 is 0 Å². The van der Waals surface area contributed by atoms with Crippen molar-refractivity contribution in [1.82, 2.24) is 0 Å². The molecule has 0 N–H and O–H groups in total. The van der Waals surface area contributed by atoms with Crippen molar-refractivity contribution in [3.05, 3.63) is 4.84 Å². The largest absolute Gasteiger partial charge is 0.566 e. The van der Waals surface area contributed by atoms with Gasteiger partial charge in [0.2, 0.25) is 0 Å². The minimum atomic E-state index is -0.111. The van der Waals surface area contributed by atoms with Gasteiger partial charge in [0.1, 0.15) is 0 Å². The molecule has 3 heteroatoms. The zero-order valence-corrected chi connectivity index (χ0v) is 8.24. The first kappa shape index (κ1) is 10.2. The second-order valence-electron chi connectivity index (χ2n) is 4.35. The summed E-state index contributed by atoms with van der Waals surface area (Å²) in [6.45, 7) is 5.02. The van der Waals surface area contributed by atoms with Crippen LogP contribution in [0.25, 0.3) is 4.84 Å². The molecular weight excluding hydrogens is 148 g/mol. The number of hydrogen-bond acceptors (Lipinski definition) is 0. The van der Waals surface area contributed by atoms with E-state index in [9.17, 15) is 0 Å². The van der Waals surface area contributed by atoms with Gasteiger partial charge in [0.15, 0.2) is 0 Å². The van der Waals surface area contributed by atoms with Crippen molar-refractivity contribution in [2.75, 3.05) is 27.7 Å². The molecule has 0 atom stereocenters. The minimum absolute atomic E-state index is 0.111. The Hall–Kier alpha value is 0.210. The van der Waals surface area contributed by atoms with Crippen molar-refractivity contribution in [3.63, 3.8) is 0 Å². The molecule has 0 saturated carbocycles. The van der Waals surface area contributed by atoms with Gasteiger partial charge in [0, 0.05) is 0 Å². The average molecular weight is 165 g/mol. The van der Waals surface area contributed by atoms with Crippen LogP contribution < -0.4 is 0 Å². The van der Waals surface area contributed by atoms with Gasteiger partial charge >= 0.3 is 0 Å². The van der Waals surface area contributed by atoms with Crippen LogP contribution in [0.5, 0.6) is 0 Å². The number of likely N-dealkylation sites (N-methyl/N-ethyl adjacent to an activating group) is 1. The lowest BCUT2D eigenvalue weighted by atomic mass is 10.1. The number of nitrogens with zero attached hydrogens (tertiary/aromatic N) is 2. The Kier molecular flexibility index (Phi) is 3.14. The molecule has 0 amide bonds. The lowest BCUT2D eigenvalue weighted by Crippen LogP contribution is -2.45. The summed E-state index contributed by atoms with van der Waals surface area (Å²) in [7, 11) is 6.39. The monoisotopic (exact) mass is 164 g/mol. The van der Waals surface area contributed by atoms with Gasteiger partial charge in [0.25, 0.3) is 0 Å². The van der Waals surface area contributed by atoms with Crippen molar-refractivity contribution in [2.45, 2.75) is 19.4 Å². The maximum absolute atomic E-state index is 5.41. The molecule has 0 aliphatic carbocycles. The molecule has 0 saturated heterocycles. The molecule has 0 heterocycles. The highest BCUT2D eigenvalue weighted by Crippen LogP contribution is 2.20. The van der Waals surface area contributed by atoms with Crippen LogP contribution in [0, 0.1) is 0 Å². The molecule has 0 unspecified atom stereocenters. The van der Waals surface area contributed by atoms with Crippen LogP contribution in [-0.4, -0.2) is 37.7 Å². The van der Waals surface area contributed by atoms with Crippen molar-refractivity contribution in [2.24, 2.45) is 0 Å². The first-order chi connectivity index (χ1) is 4.27. The summed E-state index contributed by atoms with van der Waals surface area (Å²) in [5, 5.41) is 0. The molecule has 0 bridgehead atoms. The summed E-state index contributed by atoms with van der Waals surface area (Å²) in [6, 6.07) is 0. The first-order valence-corrected chi connectivity index (χ1v) is 3.74. The maximum atomic E-state index is 5.41. The van der Waals surface area contributed by atoms with Crippen LogP contribution in [-0.2, 0) is 0 Å². The van der Waals surface area contributed by atoms with Crippen LogP contribution in [0.3, 0.4) is 0 Å². The number of rotatable bonds is 3. The van der Waals surface area contributed by atoms with E-state index in [1.54, 1.807) is 0 Å². The second kappa shape index (κ2) is 3.07. The third-order valence-corrected chi connectivity index (χ3v) is 1.55. The Morgan fingerprint density at radius 1 is 1.30 bits per heavy atom. The van der Waals surface area contributed by atoms with Crippen LogP contribution in [0.15, 0.2) is 0 Å². The fourth-order valence-corrected chi connectivity index (χ4v) is 1.24. The molecule has 0 aromatic rings. The summed E-state index contributed by atoms with van der Waals surface area (Å²) in [6.07, 6.45) is 0. The molecular formula is C7H17ClN2. The Balaban J connectivity index is 3.89. The Labute approximate surface area is 68.9 Å². The second-order valence-corrected chi connectivity index (χ2v) is 4.51. The third kappa shape index (κ3) is 5.03. The van der Waals surface area contributed by atoms with E-state index >= 15 is 0 Å². The molecule has 0 fully saturated rings. The molecule has 0 aromatic carbocycles. The van der Waals surface area contributed by atoms with E-state index in [4.69, 9.17) is 11.8 Å². The molecule has 62 valence electrons. The number of quaternary nitrogens is 1. The Bertz CT molecular complexity index is 105. The van der Waals surface area contributed by atoms with Gasteiger partial charge in [-0.25, -0.2) is 0 Å². The standard InChI is InChI=1S/C7H17ClN2/c1-7(2,9-8)6-10(3,4)5/h6H2,1-5H3. The molecule has 2 nitrogen and oxygen atoms in total. The van der Waals surface area contributed by atoms with Gasteiger partial charge in [0.05, 0.1) is 27.7 Å². The average Bonchev–Trinajstić information content (AvgIpc) is 1.60. The molecule has 0 aliphatic heterocycles. The minimum Gasteiger partial charge on any atom is -0.566 e. The van der Waals surface area contributed by atoms with Gasteiger partial charge in [-0.3, -0.25) is 11.8 Å². The van der Waals surface area contributed by atoms with E-state index in [0.29, 0.717) is 0 Å². The number of halogens is 1. The molecule has 0 radical (unpaired) electrons. The van der Waals surface area contributed by atoms with Crippen molar-refractivity contribution >= 4 is 11.8 Å². The lowest BCUT2D eigenvalue weighted by molar-refractivity contribution is -0.872. The molecule has 10 heavy (non-hydrogen) atoms. The zero-order valence-electron chi connectivity index (χ0n) is 7.48. The fraction of sp³-hybridized carbons (Fsp3) is 1.00. The zero-order chi connectivity index (χ0) is 8.41. The van der Waals surface area contributed by atoms with Crippen molar-refractivity contribution in [3.8, 4) is 0 Å². The SMILES string of the molecule is CC(C)(C[N+](C)(C)C)[N-]Cl. The highest BCUT2D eigenvalue weighted by Gasteiger charge is 2.16. The highest BCUT2D eigenvalue weighted by molar-refractivity contribution is 6.25. The van der Waals surface area contributed by atoms with Crippen molar-refractivity contribution < 1.29 is 4.48 Å². The normalized spacial score (nSPS) is 13.8. The van der Waals surface area contributed by atoms with Gasteiger partial charge < -0.3 is 9.32 Å². The Morgan fingerprint density at radius 2 is 1.70 bits per heavy atom. The van der Waals surface area contributed by atoms with Gasteiger partial charge in [-0.2, -0.15) is 0 Å². The fourth-order valence-electron chi connectivity index (χ4n) is 1.19. The maximum Gasteiger partial charge on any atom is 0.0676 e. The number of hydrogen-bond donors (Lipinski definition) is 0. The van der Waals surface area contributed by atoms with E-state index in [1.165, 1.54) is 0 Å². The van der Waals surface area contributed by atoms with Crippen LogP contribution in [0.1, 0.15) is 13.8 Å². The lowest BCUT2D eigenvalue weighted by Gasteiger charge is -2.41. The molecule has 0 aliphatic rings. The summed E-state index contributed by atoms with van der Waals surface area (Å²) in [5.41, 5.74) is -0.111. The quantitative estimate of drug-likeness (QED) is 0.567. The summed E-state index contributed by atoms with van der Waals surface area (Å²) >= 11 is 5.41. The molecule has 0 rings (SSSR count). The van der Waals surface area contributed by atoms with Gasteiger partial charge in [-0.05, 0) is 0 Å². The third-order valence-electron chi connectivity index (χ3n) is 1.09. The van der Waals surface area contributed by atoms with E-state index in [2.05, 4.69) is 26.0 Å². The molecule has 0 spiro atoms. The predicted octanol–water partition coefficient (Wildman–Crippen LogP) is 2.00. The van der Waals surface area contributed by atoms with Crippen LogP contribution in [0.4, 0.5) is 0 Å². The highest BCUT2D eigenvalue weighted by atomic mass is 35.5. The van der Waals surface area contributed by atoms with Crippen LogP contribution in [0.2, 0.25) is 0 Å². The predicted molar refractivity (Wildman–Crippen MR) is 46.2 cm³/mol. The first-order valence-electron chi connectivity index (χ1n) is 3.40. The van der Waals surface area contributed by atoms with Crippen LogP contribution >= 0.6 is 11.8 Å². The topological polar surface area (TPSA) is 14.1 Å². The van der Waals surface area contributed by atoms with Gasteiger partial charge in [-0.15, -0.1) is 0 Å². The van der Waals surface area contributed by atoms with E-state index in [0.717, 1.165) is 11.0 Å². The Morgan fingerprint density at radius 3 is 1.80 bits per heavy atom. The summed E-state index contributed by atoms with van der Waals surface area (Å²) in [5.74, 6) is 0. The smallest absolute Gasteiger partial charge is 0.0676 e. The van der Waals surface area contributed by atoms with E-state index in [1.807, 2.05) is 13.8 Å². The van der Waals surface area contributed by atoms with Crippen molar-refractivity contribution in [1.29, 1.82) is 0 Å². The summed E-state index contributed by atoms with van der Waals surface area (Å²) < 4.78 is 0.892. The van der Waals surface area contributed by atoms with Gasteiger partial charge in [-0.1, -0.05) is 19.4 Å².